The molecule has 0 aliphatic heterocycles. The van der Waals surface area contributed by atoms with Crippen molar-refractivity contribution in [1.29, 1.82) is 0 Å². The molecule has 3 aromatic carbocycles. The molecule has 0 bridgehead atoms. The quantitative estimate of drug-likeness (QED) is 0.197. The van der Waals surface area contributed by atoms with E-state index in [1.807, 2.05) is 0 Å². The summed E-state index contributed by atoms with van der Waals surface area (Å²) in [5.74, 6) is -9.88. The molecule has 7 heteroatoms. The summed E-state index contributed by atoms with van der Waals surface area (Å²) >= 11 is 0. The largest absolute Gasteiger partial charge is 0.298 e. The first-order valence-electron chi connectivity index (χ1n) is 8.29. The molecule has 0 spiro atoms. The maximum Gasteiger partial charge on any atom is 0.200 e. The van der Waals surface area contributed by atoms with Crippen LogP contribution in [-0.2, 0) is 0 Å². The predicted octanol–water partition coefficient (Wildman–Crippen LogP) is 6.00. The number of imidazole rings is 1. The molecule has 0 radical (unpaired) electrons. The zero-order chi connectivity index (χ0) is 19.6. The minimum absolute atomic E-state index is 0.112. The summed E-state index contributed by atoms with van der Waals surface area (Å²) in [7, 11) is 0. The molecule has 0 N–H and O–H groups in total. The number of nitrogens with zero attached hydrogens (tertiary/aromatic N) is 2. The Labute approximate surface area is 154 Å². The Morgan fingerprint density at radius 2 is 1.21 bits per heavy atom. The van der Waals surface area contributed by atoms with Crippen molar-refractivity contribution >= 4 is 27.5 Å². The van der Waals surface area contributed by atoms with Gasteiger partial charge in [0.05, 0.1) is 16.6 Å². The van der Waals surface area contributed by atoms with Gasteiger partial charge in [-0.2, -0.15) is 0 Å². The Bertz CT molecular complexity index is 1390. The zero-order valence-electron chi connectivity index (χ0n) is 14.0. The summed E-state index contributed by atoms with van der Waals surface area (Å²) in [6.45, 7) is 0. The minimum Gasteiger partial charge on any atom is -0.298 e. The highest BCUT2D eigenvalue weighted by Crippen LogP contribution is 2.37. The molecule has 0 aliphatic rings. The van der Waals surface area contributed by atoms with Gasteiger partial charge in [0.15, 0.2) is 23.3 Å². The van der Waals surface area contributed by atoms with Crippen LogP contribution in [0, 0.1) is 29.1 Å². The van der Waals surface area contributed by atoms with Gasteiger partial charge < -0.3 is 0 Å². The van der Waals surface area contributed by atoms with Crippen molar-refractivity contribution in [3.05, 3.63) is 83.8 Å². The molecule has 0 saturated heterocycles. The van der Waals surface area contributed by atoms with Gasteiger partial charge in [0.25, 0.3) is 0 Å². The van der Waals surface area contributed by atoms with E-state index in [4.69, 9.17) is 0 Å². The molecule has 5 rings (SSSR count). The molecule has 138 valence electrons. The predicted molar refractivity (Wildman–Crippen MR) is 95.4 cm³/mol. The van der Waals surface area contributed by atoms with Crippen molar-refractivity contribution in [2.75, 3.05) is 0 Å². The average Bonchev–Trinajstić information content (AvgIpc) is 3.10. The van der Waals surface area contributed by atoms with Crippen molar-refractivity contribution < 1.29 is 22.0 Å². The van der Waals surface area contributed by atoms with Crippen molar-refractivity contribution in [1.82, 2.24) is 9.38 Å². The van der Waals surface area contributed by atoms with Gasteiger partial charge in [0.1, 0.15) is 5.65 Å². The van der Waals surface area contributed by atoms with Crippen LogP contribution in [0.2, 0.25) is 0 Å². The van der Waals surface area contributed by atoms with E-state index in [9.17, 15) is 22.0 Å². The highest BCUT2D eigenvalue weighted by atomic mass is 19.2. The van der Waals surface area contributed by atoms with Crippen LogP contribution < -0.4 is 0 Å². The molecule has 0 saturated carbocycles. The van der Waals surface area contributed by atoms with E-state index in [-0.39, 0.29) is 5.56 Å². The summed E-state index contributed by atoms with van der Waals surface area (Å²) in [6.07, 6.45) is 1.35. The van der Waals surface area contributed by atoms with Crippen LogP contribution >= 0.6 is 0 Å². The Morgan fingerprint density at radius 1 is 0.643 bits per heavy atom. The van der Waals surface area contributed by atoms with Gasteiger partial charge in [0, 0.05) is 17.1 Å². The third-order valence-electron chi connectivity index (χ3n) is 4.79. The number of benzene rings is 3. The van der Waals surface area contributed by atoms with Crippen LogP contribution in [0.25, 0.3) is 38.6 Å². The summed E-state index contributed by atoms with van der Waals surface area (Å²) < 4.78 is 71.7. The third kappa shape index (κ3) is 2.10. The fourth-order valence-corrected chi connectivity index (χ4v) is 3.52. The summed E-state index contributed by atoms with van der Waals surface area (Å²) in [5, 5.41) is 0.855. The van der Waals surface area contributed by atoms with Crippen molar-refractivity contribution in [2.24, 2.45) is 0 Å². The average molecular weight is 384 g/mol. The highest BCUT2D eigenvalue weighted by molar-refractivity contribution is 6.05. The van der Waals surface area contributed by atoms with E-state index in [1.165, 1.54) is 6.20 Å². The standard InChI is InChI=1S/C21H9F5N2/c22-16-15(17(23)19(25)20(26)18(16)24)12-9-28-14-8-4-3-7-13(14)27-21(28)11-6-2-1-5-10(11)12/h1-9H. The second kappa shape index (κ2) is 5.76. The van der Waals surface area contributed by atoms with Crippen LogP contribution in [0.3, 0.4) is 0 Å². The van der Waals surface area contributed by atoms with Crippen LogP contribution in [0.1, 0.15) is 0 Å². The van der Waals surface area contributed by atoms with Crippen LogP contribution in [0.5, 0.6) is 0 Å². The molecule has 0 fully saturated rings. The highest BCUT2D eigenvalue weighted by Gasteiger charge is 2.28. The normalized spacial score (nSPS) is 11.8. The molecule has 0 atom stereocenters. The molecule has 2 heterocycles. The lowest BCUT2D eigenvalue weighted by atomic mass is 9.99. The maximum atomic E-state index is 14.5. The Kier molecular flexibility index (Phi) is 3.43. The van der Waals surface area contributed by atoms with Crippen LogP contribution in [0.15, 0.2) is 54.7 Å². The van der Waals surface area contributed by atoms with E-state index in [0.29, 0.717) is 27.5 Å². The summed E-state index contributed by atoms with van der Waals surface area (Å²) in [5.41, 5.74) is 0.728. The topological polar surface area (TPSA) is 17.3 Å². The lowest BCUT2D eigenvalue weighted by molar-refractivity contribution is 0.381. The Morgan fingerprint density at radius 3 is 1.93 bits per heavy atom. The van der Waals surface area contributed by atoms with Gasteiger partial charge in [-0.25, -0.2) is 26.9 Å². The van der Waals surface area contributed by atoms with E-state index in [2.05, 4.69) is 4.98 Å². The van der Waals surface area contributed by atoms with Crippen molar-refractivity contribution in [3.8, 4) is 11.1 Å². The first kappa shape index (κ1) is 16.7. The number of pyridine rings is 1. The zero-order valence-corrected chi connectivity index (χ0v) is 14.0. The van der Waals surface area contributed by atoms with Gasteiger partial charge in [-0.1, -0.05) is 36.4 Å². The molecule has 28 heavy (non-hydrogen) atoms. The molecule has 2 nitrogen and oxygen atoms in total. The second-order valence-corrected chi connectivity index (χ2v) is 6.33. The van der Waals surface area contributed by atoms with E-state index in [0.717, 1.165) is 0 Å². The molecular formula is C21H9F5N2. The van der Waals surface area contributed by atoms with Gasteiger partial charge in [-0.3, -0.25) is 4.40 Å². The van der Waals surface area contributed by atoms with Crippen molar-refractivity contribution in [3.63, 3.8) is 0 Å². The second-order valence-electron chi connectivity index (χ2n) is 6.33. The molecule has 0 aliphatic carbocycles. The summed E-state index contributed by atoms with van der Waals surface area (Å²) in [6, 6.07) is 13.7. The van der Waals surface area contributed by atoms with Gasteiger partial charge in [-0.15, -0.1) is 0 Å². The van der Waals surface area contributed by atoms with E-state index < -0.39 is 34.6 Å². The monoisotopic (exact) mass is 384 g/mol. The van der Waals surface area contributed by atoms with Crippen LogP contribution in [0.4, 0.5) is 22.0 Å². The number of rotatable bonds is 1. The maximum absolute atomic E-state index is 14.5. The number of para-hydroxylation sites is 2. The number of halogens is 5. The first-order valence-corrected chi connectivity index (χ1v) is 8.29. The third-order valence-corrected chi connectivity index (χ3v) is 4.79. The first-order chi connectivity index (χ1) is 13.5. The fraction of sp³-hybridized carbons (Fsp3) is 0. The lowest BCUT2D eigenvalue weighted by Gasteiger charge is -2.12. The number of fused-ring (bicyclic) bond motifs is 5. The Balaban J connectivity index is 2.02. The van der Waals surface area contributed by atoms with E-state index in [1.54, 1.807) is 52.9 Å². The summed E-state index contributed by atoms with van der Waals surface area (Å²) in [4.78, 5) is 4.54. The number of hydrogen-bond donors (Lipinski definition) is 0. The molecule has 2 aromatic heterocycles. The minimum atomic E-state index is -2.18. The lowest BCUT2D eigenvalue weighted by Crippen LogP contribution is -2.05. The smallest absolute Gasteiger partial charge is 0.200 e. The molecular weight excluding hydrogens is 375 g/mol. The van der Waals surface area contributed by atoms with Crippen LogP contribution in [-0.4, -0.2) is 9.38 Å². The van der Waals surface area contributed by atoms with Gasteiger partial charge in [0.2, 0.25) is 5.82 Å². The van der Waals surface area contributed by atoms with Gasteiger partial charge >= 0.3 is 0 Å². The molecule has 0 amide bonds. The SMILES string of the molecule is Fc1c(F)c(F)c(-c2cn3c4ccccc4nc3c3ccccc23)c(F)c1F. The fourth-order valence-electron chi connectivity index (χ4n) is 3.52. The van der Waals surface area contributed by atoms with Crippen molar-refractivity contribution in [2.45, 2.75) is 0 Å². The van der Waals surface area contributed by atoms with Gasteiger partial charge in [-0.05, 0) is 17.5 Å². The Hall–Kier alpha value is -3.48. The number of aromatic nitrogens is 2. The number of hydrogen-bond acceptors (Lipinski definition) is 1. The molecule has 5 aromatic rings. The van der Waals surface area contributed by atoms with E-state index >= 15 is 0 Å². The molecule has 0 unspecified atom stereocenters.